The monoisotopic (exact) mass is 1000 g/mol. The lowest BCUT2D eigenvalue weighted by atomic mass is 10.1. The summed E-state index contributed by atoms with van der Waals surface area (Å²) < 4.78 is 16.9. The van der Waals surface area contributed by atoms with Crippen LogP contribution in [0.4, 0.5) is 0 Å². The molecular weight excluding hydrogens is 889 g/mol. The van der Waals surface area contributed by atoms with E-state index in [0.29, 0.717) is 19.3 Å². The van der Waals surface area contributed by atoms with Crippen LogP contribution in [0.5, 0.6) is 0 Å². The molecule has 414 valence electrons. The summed E-state index contributed by atoms with van der Waals surface area (Å²) in [6.45, 7) is 6.50. The third-order valence-electron chi connectivity index (χ3n) is 13.1. The first kappa shape index (κ1) is 68.6. The van der Waals surface area contributed by atoms with E-state index in [4.69, 9.17) is 14.2 Å². The summed E-state index contributed by atoms with van der Waals surface area (Å²) in [7, 11) is 0. The molecular formula is C66H114O6. The molecule has 1 unspecified atom stereocenters. The molecule has 1 atom stereocenters. The molecule has 72 heavy (non-hydrogen) atoms. The molecule has 0 rings (SSSR count). The predicted octanol–water partition coefficient (Wildman–Crippen LogP) is 20.7. The number of hydrogen-bond acceptors (Lipinski definition) is 6. The fraction of sp³-hybridized carbons (Fsp3) is 0.742. The van der Waals surface area contributed by atoms with Gasteiger partial charge in [0.05, 0.1) is 0 Å². The average Bonchev–Trinajstić information content (AvgIpc) is 3.38. The number of allylic oxidation sites excluding steroid dienone is 14. The van der Waals surface area contributed by atoms with Crippen molar-refractivity contribution >= 4 is 17.9 Å². The Hall–Kier alpha value is -3.41. The van der Waals surface area contributed by atoms with Crippen molar-refractivity contribution in [2.24, 2.45) is 0 Å². The van der Waals surface area contributed by atoms with Crippen LogP contribution in [0.15, 0.2) is 85.1 Å². The van der Waals surface area contributed by atoms with E-state index in [0.717, 1.165) is 103 Å². The Bertz CT molecular complexity index is 1380. The van der Waals surface area contributed by atoms with Gasteiger partial charge in [0.2, 0.25) is 0 Å². The summed E-state index contributed by atoms with van der Waals surface area (Å²) in [5.41, 5.74) is 0. The number of esters is 3. The van der Waals surface area contributed by atoms with Crippen LogP contribution < -0.4 is 0 Å². The van der Waals surface area contributed by atoms with Gasteiger partial charge in [0.1, 0.15) is 13.2 Å². The SMILES string of the molecule is CC/C=C\C/C=C\C/C=C\C/C=C\C/C=C\CCCCCCCCCCCC(=O)OCC(COC(=O)CCCCCCC/C=C\CCCCC)OC(=O)CCCCCCCCC/C=C\CCCCCCCC. The van der Waals surface area contributed by atoms with Gasteiger partial charge in [0, 0.05) is 19.3 Å². The lowest BCUT2D eigenvalue weighted by Crippen LogP contribution is -2.30. The van der Waals surface area contributed by atoms with Gasteiger partial charge in [0.25, 0.3) is 0 Å². The topological polar surface area (TPSA) is 78.9 Å². The molecule has 0 aliphatic rings. The number of rotatable bonds is 55. The molecule has 0 spiro atoms. The first-order chi connectivity index (χ1) is 35.5. The molecule has 0 aromatic carbocycles. The minimum absolute atomic E-state index is 0.0831. The zero-order valence-corrected chi connectivity index (χ0v) is 47.4. The summed E-state index contributed by atoms with van der Waals surface area (Å²) in [5, 5.41) is 0. The van der Waals surface area contributed by atoms with Crippen molar-refractivity contribution in [2.75, 3.05) is 13.2 Å². The van der Waals surface area contributed by atoms with Crippen LogP contribution in [-0.2, 0) is 28.6 Å². The minimum atomic E-state index is -0.785. The van der Waals surface area contributed by atoms with Crippen LogP contribution >= 0.6 is 0 Å². The Kier molecular flexibility index (Phi) is 57.3. The summed E-state index contributed by atoms with van der Waals surface area (Å²) in [5.74, 6) is -0.894. The highest BCUT2D eigenvalue weighted by Gasteiger charge is 2.19. The molecule has 0 saturated heterocycles. The van der Waals surface area contributed by atoms with Crippen LogP contribution in [0.25, 0.3) is 0 Å². The van der Waals surface area contributed by atoms with E-state index in [1.807, 2.05) is 0 Å². The van der Waals surface area contributed by atoms with Gasteiger partial charge in [-0.1, -0.05) is 247 Å². The second-order valence-electron chi connectivity index (χ2n) is 20.2. The van der Waals surface area contributed by atoms with Crippen molar-refractivity contribution in [1.29, 1.82) is 0 Å². The highest BCUT2D eigenvalue weighted by molar-refractivity contribution is 5.71. The summed E-state index contributed by atoms with van der Waals surface area (Å²) in [6.07, 6.45) is 78.6. The number of carbonyl (C=O) groups is 3. The zero-order chi connectivity index (χ0) is 52.2. The van der Waals surface area contributed by atoms with Crippen molar-refractivity contribution in [3.63, 3.8) is 0 Å². The quantitative estimate of drug-likeness (QED) is 0.0261. The second kappa shape index (κ2) is 60.1. The molecule has 0 N–H and O–H groups in total. The number of unbranched alkanes of at least 4 members (excludes halogenated alkanes) is 30. The summed E-state index contributed by atoms with van der Waals surface area (Å²) in [6, 6.07) is 0. The molecule has 0 fully saturated rings. The van der Waals surface area contributed by atoms with Gasteiger partial charge < -0.3 is 14.2 Å². The fourth-order valence-electron chi connectivity index (χ4n) is 8.52. The predicted molar refractivity (Wildman–Crippen MR) is 311 cm³/mol. The smallest absolute Gasteiger partial charge is 0.306 e. The molecule has 0 aromatic rings. The van der Waals surface area contributed by atoms with Crippen LogP contribution in [0.1, 0.15) is 297 Å². The number of hydrogen-bond donors (Lipinski definition) is 0. The number of ether oxygens (including phenoxy) is 3. The van der Waals surface area contributed by atoms with Crippen molar-refractivity contribution in [3.8, 4) is 0 Å². The highest BCUT2D eigenvalue weighted by atomic mass is 16.6. The van der Waals surface area contributed by atoms with Gasteiger partial charge in [-0.15, -0.1) is 0 Å². The molecule has 0 heterocycles. The molecule has 0 amide bonds. The van der Waals surface area contributed by atoms with E-state index in [1.54, 1.807) is 0 Å². The van der Waals surface area contributed by atoms with E-state index in [-0.39, 0.29) is 31.1 Å². The van der Waals surface area contributed by atoms with Gasteiger partial charge in [-0.05, 0) is 116 Å². The van der Waals surface area contributed by atoms with E-state index in [2.05, 4.69) is 106 Å². The van der Waals surface area contributed by atoms with Gasteiger partial charge >= 0.3 is 17.9 Å². The Morgan fingerprint density at radius 3 is 0.889 bits per heavy atom. The van der Waals surface area contributed by atoms with Crippen molar-refractivity contribution < 1.29 is 28.6 Å². The zero-order valence-electron chi connectivity index (χ0n) is 47.4. The maximum Gasteiger partial charge on any atom is 0.306 e. The average molecular weight is 1000 g/mol. The van der Waals surface area contributed by atoms with E-state index >= 15 is 0 Å². The van der Waals surface area contributed by atoms with Crippen molar-refractivity contribution in [2.45, 2.75) is 303 Å². The largest absolute Gasteiger partial charge is 0.462 e. The summed E-state index contributed by atoms with van der Waals surface area (Å²) >= 11 is 0. The van der Waals surface area contributed by atoms with E-state index < -0.39 is 6.10 Å². The first-order valence-corrected chi connectivity index (χ1v) is 30.6. The van der Waals surface area contributed by atoms with E-state index in [9.17, 15) is 14.4 Å². The maximum atomic E-state index is 12.9. The third kappa shape index (κ3) is 57.5. The standard InChI is InChI=1S/C66H114O6/c1-4-7-10-13-16-19-22-25-27-29-30-31-32-33-34-35-36-38-39-41-44-47-50-53-56-59-65(68)71-62-63(61-70-64(67)58-55-52-49-46-43-24-21-18-15-12-9-6-3)72-66(69)60-57-54-51-48-45-42-40-37-28-26-23-20-17-14-11-8-5-2/h7,10,16,18-19,21,25-28,30-31,33-34,63H,4-6,8-9,11-15,17,20,22-24,29,32,35-62H2,1-3H3/b10-7-,19-16-,21-18-,27-25-,28-26-,31-30-,34-33-. The van der Waals surface area contributed by atoms with Gasteiger partial charge in [-0.3, -0.25) is 14.4 Å². The Morgan fingerprint density at radius 2 is 0.542 bits per heavy atom. The van der Waals surface area contributed by atoms with Crippen molar-refractivity contribution in [1.82, 2.24) is 0 Å². The molecule has 0 bridgehead atoms. The van der Waals surface area contributed by atoms with Crippen molar-refractivity contribution in [3.05, 3.63) is 85.1 Å². The Morgan fingerprint density at radius 1 is 0.292 bits per heavy atom. The van der Waals surface area contributed by atoms with Gasteiger partial charge in [-0.2, -0.15) is 0 Å². The Balaban J connectivity index is 4.32. The Labute approximate surface area is 445 Å². The molecule has 6 heteroatoms. The molecule has 0 saturated carbocycles. The highest BCUT2D eigenvalue weighted by Crippen LogP contribution is 2.15. The van der Waals surface area contributed by atoms with Crippen LogP contribution in [-0.4, -0.2) is 37.2 Å². The molecule has 0 aromatic heterocycles. The van der Waals surface area contributed by atoms with Crippen LogP contribution in [0.2, 0.25) is 0 Å². The first-order valence-electron chi connectivity index (χ1n) is 30.6. The number of carbonyl (C=O) groups excluding carboxylic acids is 3. The molecule has 0 aliphatic carbocycles. The fourth-order valence-corrected chi connectivity index (χ4v) is 8.52. The van der Waals surface area contributed by atoms with E-state index in [1.165, 1.54) is 154 Å². The van der Waals surface area contributed by atoms with Crippen LogP contribution in [0, 0.1) is 0 Å². The maximum absolute atomic E-state index is 12.9. The third-order valence-corrected chi connectivity index (χ3v) is 13.1. The second-order valence-corrected chi connectivity index (χ2v) is 20.2. The van der Waals surface area contributed by atoms with Gasteiger partial charge in [-0.25, -0.2) is 0 Å². The lowest BCUT2D eigenvalue weighted by Gasteiger charge is -2.18. The van der Waals surface area contributed by atoms with Gasteiger partial charge in [0.15, 0.2) is 6.10 Å². The molecule has 0 aliphatic heterocycles. The minimum Gasteiger partial charge on any atom is -0.462 e. The molecule has 6 nitrogen and oxygen atoms in total. The molecule has 0 radical (unpaired) electrons. The van der Waals surface area contributed by atoms with Crippen LogP contribution in [0.3, 0.4) is 0 Å². The summed E-state index contributed by atoms with van der Waals surface area (Å²) in [4.78, 5) is 38.2. The lowest BCUT2D eigenvalue weighted by molar-refractivity contribution is -0.167. The normalized spacial score (nSPS) is 12.7.